The molecule has 0 saturated heterocycles. The molecule has 0 saturated carbocycles. The second kappa shape index (κ2) is 4.87. The monoisotopic (exact) mass is 234 g/mol. The zero-order chi connectivity index (χ0) is 12.2. The third kappa shape index (κ3) is 3.80. The van der Waals surface area contributed by atoms with Gasteiger partial charge in [0.05, 0.1) is 0 Å². The third-order valence-electron chi connectivity index (χ3n) is 1.68. The van der Waals surface area contributed by atoms with Crippen molar-refractivity contribution < 1.29 is 27.4 Å². The van der Waals surface area contributed by atoms with Crippen LogP contribution in [0.4, 0.5) is 18.0 Å². The lowest BCUT2D eigenvalue weighted by Crippen LogP contribution is -2.31. The zero-order valence-corrected chi connectivity index (χ0v) is 8.32. The Morgan fingerprint density at radius 2 is 1.81 bits per heavy atom. The number of hydrogen-bond acceptors (Lipinski definition) is 3. The second-order valence-electron chi connectivity index (χ2n) is 2.97. The van der Waals surface area contributed by atoms with Crippen LogP contribution in [0.5, 0.6) is 5.75 Å². The Bertz CT molecular complexity index is 348. The van der Waals surface area contributed by atoms with E-state index in [1.165, 1.54) is 12.1 Å². The Morgan fingerprint density at radius 1 is 1.25 bits per heavy atom. The lowest BCUT2D eigenvalue weighted by atomic mass is 10.3. The largest absolute Gasteiger partial charge is 0.514 e. The third-order valence-corrected chi connectivity index (χ3v) is 1.68. The van der Waals surface area contributed by atoms with Crippen molar-refractivity contribution in [3.05, 3.63) is 30.3 Å². The number of hydrogen-bond donors (Lipinski definition) is 0. The maximum Gasteiger partial charge on any atom is 0.514 e. The Hall–Kier alpha value is -1.72. The van der Waals surface area contributed by atoms with Crippen molar-refractivity contribution in [1.82, 2.24) is 0 Å². The fraction of sp³-hybridized carbons (Fsp3) is 0.300. The van der Waals surface area contributed by atoms with E-state index in [0.717, 1.165) is 6.92 Å². The number of halogens is 3. The molecule has 0 aliphatic heterocycles. The predicted octanol–water partition coefficient (Wildman–Crippen LogP) is 3.15. The van der Waals surface area contributed by atoms with Gasteiger partial charge in [-0.2, -0.15) is 13.2 Å². The molecule has 6 heteroatoms. The smallest absolute Gasteiger partial charge is 0.421 e. The number of benzene rings is 1. The van der Waals surface area contributed by atoms with Crippen LogP contribution in [0, 0.1) is 0 Å². The summed E-state index contributed by atoms with van der Waals surface area (Å²) < 4.78 is 44.6. The van der Waals surface area contributed by atoms with E-state index in [2.05, 4.69) is 9.47 Å². The number of carbonyl (C=O) groups excluding carboxylic acids is 1. The number of ether oxygens (including phenoxy) is 2. The van der Waals surface area contributed by atoms with Gasteiger partial charge in [0.2, 0.25) is 0 Å². The van der Waals surface area contributed by atoms with Gasteiger partial charge in [-0.3, -0.25) is 0 Å². The number of para-hydroxylation sites is 1. The van der Waals surface area contributed by atoms with E-state index in [0.29, 0.717) is 0 Å². The van der Waals surface area contributed by atoms with E-state index in [9.17, 15) is 18.0 Å². The van der Waals surface area contributed by atoms with Crippen LogP contribution in [-0.4, -0.2) is 18.4 Å². The SMILES string of the molecule is C[C@@H](OC(=O)Oc1ccccc1)C(F)(F)F. The minimum absolute atomic E-state index is 0.127. The molecule has 0 fully saturated rings. The average molecular weight is 234 g/mol. The molecule has 0 amide bonds. The van der Waals surface area contributed by atoms with Crippen molar-refractivity contribution in [1.29, 1.82) is 0 Å². The summed E-state index contributed by atoms with van der Waals surface area (Å²) in [7, 11) is 0. The number of alkyl halides is 3. The molecule has 0 aliphatic rings. The highest BCUT2D eigenvalue weighted by molar-refractivity contribution is 5.63. The summed E-state index contributed by atoms with van der Waals surface area (Å²) in [6, 6.07) is 7.70. The van der Waals surface area contributed by atoms with Crippen molar-refractivity contribution in [3.63, 3.8) is 0 Å². The van der Waals surface area contributed by atoms with Gasteiger partial charge in [0, 0.05) is 0 Å². The standard InChI is InChI=1S/C10H9F3O3/c1-7(10(11,12)13)15-9(14)16-8-5-3-2-4-6-8/h2-7H,1H3/t7-/m1/s1. The van der Waals surface area contributed by atoms with Gasteiger partial charge in [0.15, 0.2) is 6.10 Å². The molecular formula is C10H9F3O3. The molecule has 1 rings (SSSR count). The molecule has 0 N–H and O–H groups in total. The second-order valence-corrected chi connectivity index (χ2v) is 2.97. The van der Waals surface area contributed by atoms with Crippen LogP contribution in [0.2, 0.25) is 0 Å². The highest BCUT2D eigenvalue weighted by Gasteiger charge is 2.39. The first-order valence-electron chi connectivity index (χ1n) is 4.40. The molecular weight excluding hydrogens is 225 g/mol. The summed E-state index contributed by atoms with van der Waals surface area (Å²) in [4.78, 5) is 10.9. The topological polar surface area (TPSA) is 35.5 Å². The molecule has 1 aromatic rings. The lowest BCUT2D eigenvalue weighted by Gasteiger charge is -2.15. The number of carbonyl (C=O) groups is 1. The molecule has 0 aliphatic carbocycles. The maximum atomic E-state index is 12.0. The minimum atomic E-state index is -4.59. The molecule has 3 nitrogen and oxygen atoms in total. The van der Waals surface area contributed by atoms with Crippen molar-refractivity contribution in [2.45, 2.75) is 19.2 Å². The first-order chi connectivity index (χ1) is 7.39. The number of rotatable bonds is 2. The quantitative estimate of drug-likeness (QED) is 0.582. The van der Waals surface area contributed by atoms with Gasteiger partial charge in [-0.15, -0.1) is 0 Å². The summed E-state index contributed by atoms with van der Waals surface area (Å²) in [6.07, 6.45) is -8.16. The minimum Gasteiger partial charge on any atom is -0.421 e. The van der Waals surface area contributed by atoms with E-state index in [-0.39, 0.29) is 5.75 Å². The fourth-order valence-electron chi connectivity index (χ4n) is 0.820. The average Bonchev–Trinajstić information content (AvgIpc) is 2.17. The van der Waals surface area contributed by atoms with Crippen LogP contribution in [0.3, 0.4) is 0 Å². The van der Waals surface area contributed by atoms with Gasteiger partial charge in [0.25, 0.3) is 0 Å². The molecule has 0 spiro atoms. The highest BCUT2D eigenvalue weighted by atomic mass is 19.4. The van der Waals surface area contributed by atoms with Gasteiger partial charge in [-0.25, -0.2) is 4.79 Å². The zero-order valence-electron chi connectivity index (χ0n) is 8.32. The molecule has 0 bridgehead atoms. The molecule has 1 atom stereocenters. The van der Waals surface area contributed by atoms with Gasteiger partial charge < -0.3 is 9.47 Å². The Balaban J connectivity index is 2.49. The predicted molar refractivity (Wildman–Crippen MR) is 49.1 cm³/mol. The Kier molecular flexibility index (Phi) is 3.76. The maximum absolute atomic E-state index is 12.0. The normalized spacial score (nSPS) is 13.0. The van der Waals surface area contributed by atoms with E-state index < -0.39 is 18.4 Å². The summed E-state index contributed by atoms with van der Waals surface area (Å²) in [5, 5.41) is 0. The van der Waals surface area contributed by atoms with Crippen LogP contribution in [-0.2, 0) is 4.74 Å². The van der Waals surface area contributed by atoms with E-state index >= 15 is 0 Å². The van der Waals surface area contributed by atoms with Gasteiger partial charge in [-0.1, -0.05) is 18.2 Å². The first kappa shape index (κ1) is 12.4. The van der Waals surface area contributed by atoms with Crippen LogP contribution >= 0.6 is 0 Å². The fourth-order valence-corrected chi connectivity index (χ4v) is 0.820. The Labute approximate surface area is 89.8 Å². The van der Waals surface area contributed by atoms with Crippen molar-refractivity contribution >= 4 is 6.16 Å². The summed E-state index contributed by atoms with van der Waals surface area (Å²) >= 11 is 0. The summed E-state index contributed by atoms with van der Waals surface area (Å²) in [5.74, 6) is 0.127. The van der Waals surface area contributed by atoms with Gasteiger partial charge in [-0.05, 0) is 19.1 Å². The van der Waals surface area contributed by atoms with Crippen molar-refractivity contribution in [2.75, 3.05) is 0 Å². The van der Waals surface area contributed by atoms with Crippen molar-refractivity contribution in [2.24, 2.45) is 0 Å². The first-order valence-corrected chi connectivity index (χ1v) is 4.40. The summed E-state index contributed by atoms with van der Waals surface area (Å²) in [6.45, 7) is 0.728. The van der Waals surface area contributed by atoms with E-state index in [4.69, 9.17) is 0 Å². The van der Waals surface area contributed by atoms with E-state index in [1.54, 1.807) is 18.2 Å². The molecule has 0 unspecified atom stereocenters. The van der Waals surface area contributed by atoms with Crippen LogP contribution in [0.25, 0.3) is 0 Å². The van der Waals surface area contributed by atoms with Gasteiger partial charge in [0.1, 0.15) is 5.75 Å². The van der Waals surface area contributed by atoms with Crippen molar-refractivity contribution in [3.8, 4) is 5.75 Å². The highest BCUT2D eigenvalue weighted by Crippen LogP contribution is 2.23. The van der Waals surface area contributed by atoms with Crippen LogP contribution in [0.1, 0.15) is 6.92 Å². The van der Waals surface area contributed by atoms with E-state index in [1.807, 2.05) is 0 Å². The molecule has 0 heterocycles. The van der Waals surface area contributed by atoms with Gasteiger partial charge >= 0.3 is 12.3 Å². The molecule has 88 valence electrons. The lowest BCUT2D eigenvalue weighted by molar-refractivity contribution is -0.200. The molecule has 1 aromatic carbocycles. The summed E-state index contributed by atoms with van der Waals surface area (Å²) in [5.41, 5.74) is 0. The van der Waals surface area contributed by atoms with Crippen LogP contribution in [0.15, 0.2) is 30.3 Å². The molecule has 0 radical (unpaired) electrons. The van der Waals surface area contributed by atoms with Crippen LogP contribution < -0.4 is 4.74 Å². The Morgan fingerprint density at radius 3 is 2.31 bits per heavy atom. The molecule has 16 heavy (non-hydrogen) atoms. The molecule has 0 aromatic heterocycles.